The summed E-state index contributed by atoms with van der Waals surface area (Å²) in [6.45, 7) is 4.37. The Morgan fingerprint density at radius 2 is 1.77 bits per heavy atom. The SMILES string of the molecule is C[NH+]1CCN(c2ccccc2NC(=O)[C@@H]2COc3ccccc3O2)CC1. The van der Waals surface area contributed by atoms with Gasteiger partial charge in [-0.15, -0.1) is 0 Å². The van der Waals surface area contributed by atoms with Crippen molar-refractivity contribution < 1.29 is 19.2 Å². The number of hydrogen-bond acceptors (Lipinski definition) is 4. The maximum Gasteiger partial charge on any atom is 0.269 e. The van der Waals surface area contributed by atoms with Crippen LogP contribution in [0.25, 0.3) is 0 Å². The van der Waals surface area contributed by atoms with Gasteiger partial charge in [0.2, 0.25) is 6.10 Å². The number of carbonyl (C=O) groups is 1. The summed E-state index contributed by atoms with van der Waals surface area (Å²) in [5.74, 6) is 1.10. The molecule has 6 heteroatoms. The quantitative estimate of drug-likeness (QED) is 0.856. The summed E-state index contributed by atoms with van der Waals surface area (Å²) in [5.41, 5.74) is 1.88. The van der Waals surface area contributed by atoms with Gasteiger partial charge < -0.3 is 24.6 Å². The number of nitrogens with one attached hydrogen (secondary N) is 2. The molecule has 136 valence electrons. The van der Waals surface area contributed by atoms with Crippen LogP contribution in [0.4, 0.5) is 11.4 Å². The fourth-order valence-electron chi connectivity index (χ4n) is 3.35. The van der Waals surface area contributed by atoms with E-state index in [2.05, 4.69) is 23.3 Å². The number of rotatable bonds is 3. The van der Waals surface area contributed by atoms with Crippen LogP contribution >= 0.6 is 0 Å². The minimum absolute atomic E-state index is 0.188. The zero-order chi connectivity index (χ0) is 17.9. The lowest BCUT2D eigenvalue weighted by Gasteiger charge is -2.33. The Morgan fingerprint density at radius 3 is 2.58 bits per heavy atom. The van der Waals surface area contributed by atoms with Crippen molar-refractivity contribution in [2.45, 2.75) is 6.10 Å². The third kappa shape index (κ3) is 3.46. The lowest BCUT2D eigenvalue weighted by Crippen LogP contribution is -3.12. The smallest absolute Gasteiger partial charge is 0.269 e. The lowest BCUT2D eigenvalue weighted by molar-refractivity contribution is -0.880. The lowest BCUT2D eigenvalue weighted by atomic mass is 10.2. The molecule has 0 saturated carbocycles. The first-order chi connectivity index (χ1) is 12.7. The number of benzene rings is 2. The normalized spacial score (nSPS) is 19.9. The third-order valence-electron chi connectivity index (χ3n) is 4.92. The average molecular weight is 354 g/mol. The number of hydrogen-bond donors (Lipinski definition) is 2. The molecule has 2 aliphatic heterocycles. The van der Waals surface area contributed by atoms with Crippen LogP contribution in [0.2, 0.25) is 0 Å². The first-order valence-electron chi connectivity index (χ1n) is 9.05. The molecule has 1 atom stereocenters. The van der Waals surface area contributed by atoms with Crippen molar-refractivity contribution >= 4 is 17.3 Å². The number of carbonyl (C=O) groups excluding carboxylic acids is 1. The van der Waals surface area contributed by atoms with Gasteiger partial charge in [0, 0.05) is 0 Å². The van der Waals surface area contributed by atoms with Crippen LogP contribution in [-0.4, -0.2) is 51.8 Å². The number of fused-ring (bicyclic) bond motifs is 1. The van der Waals surface area contributed by atoms with Gasteiger partial charge in [-0.1, -0.05) is 24.3 Å². The number of quaternary nitrogens is 1. The van der Waals surface area contributed by atoms with E-state index in [0.717, 1.165) is 37.6 Å². The Kier molecular flexibility index (Phi) is 4.67. The van der Waals surface area contributed by atoms with Gasteiger partial charge in [0.25, 0.3) is 5.91 Å². The van der Waals surface area contributed by atoms with Crippen molar-refractivity contribution in [3.8, 4) is 11.5 Å². The molecule has 0 radical (unpaired) electrons. The van der Waals surface area contributed by atoms with E-state index < -0.39 is 6.10 Å². The molecule has 2 aromatic carbocycles. The standard InChI is InChI=1S/C20H23N3O3/c1-22-10-12-23(13-11-22)16-7-3-2-6-15(16)21-20(24)19-14-25-17-8-4-5-9-18(17)26-19/h2-9,19H,10-14H2,1H3,(H,21,24)/p+1/t19-/m0/s1. The van der Waals surface area contributed by atoms with Gasteiger partial charge in [0.1, 0.15) is 6.61 Å². The Hall–Kier alpha value is -2.73. The molecule has 0 bridgehead atoms. The largest absolute Gasteiger partial charge is 0.485 e. The first-order valence-corrected chi connectivity index (χ1v) is 9.05. The molecule has 1 fully saturated rings. The highest BCUT2D eigenvalue weighted by Gasteiger charge is 2.28. The van der Waals surface area contributed by atoms with Gasteiger partial charge in [-0.05, 0) is 24.3 Å². The van der Waals surface area contributed by atoms with Crippen LogP contribution in [0.15, 0.2) is 48.5 Å². The van der Waals surface area contributed by atoms with Gasteiger partial charge in [-0.2, -0.15) is 0 Å². The fraction of sp³-hybridized carbons (Fsp3) is 0.350. The van der Waals surface area contributed by atoms with Crippen molar-refractivity contribution in [1.29, 1.82) is 0 Å². The second-order valence-electron chi connectivity index (χ2n) is 6.81. The number of likely N-dealkylation sites (N-methyl/N-ethyl adjacent to an activating group) is 1. The van der Waals surface area contributed by atoms with Crippen LogP contribution in [0.3, 0.4) is 0 Å². The third-order valence-corrected chi connectivity index (χ3v) is 4.92. The van der Waals surface area contributed by atoms with E-state index in [-0.39, 0.29) is 12.5 Å². The molecule has 26 heavy (non-hydrogen) atoms. The summed E-state index contributed by atoms with van der Waals surface area (Å²) >= 11 is 0. The Bertz CT molecular complexity index is 787. The predicted octanol–water partition coefficient (Wildman–Crippen LogP) is 0.800. The minimum atomic E-state index is -0.658. The van der Waals surface area contributed by atoms with E-state index in [9.17, 15) is 4.79 Å². The molecule has 0 spiro atoms. The van der Waals surface area contributed by atoms with Crippen LogP contribution in [0.1, 0.15) is 0 Å². The molecule has 2 aliphatic rings. The molecule has 0 aromatic heterocycles. The molecule has 0 unspecified atom stereocenters. The molecule has 1 amide bonds. The van der Waals surface area contributed by atoms with Crippen LogP contribution in [0.5, 0.6) is 11.5 Å². The van der Waals surface area contributed by atoms with Gasteiger partial charge >= 0.3 is 0 Å². The van der Waals surface area contributed by atoms with Gasteiger partial charge in [-0.25, -0.2) is 0 Å². The Labute approximate surface area is 153 Å². The van der Waals surface area contributed by atoms with E-state index in [0.29, 0.717) is 11.5 Å². The van der Waals surface area contributed by atoms with Gasteiger partial charge in [-0.3, -0.25) is 4.79 Å². The van der Waals surface area contributed by atoms with Gasteiger partial charge in [0.05, 0.1) is 44.6 Å². The molecule has 1 saturated heterocycles. The predicted molar refractivity (Wildman–Crippen MR) is 100 cm³/mol. The zero-order valence-electron chi connectivity index (χ0n) is 14.9. The number of piperazine rings is 1. The zero-order valence-corrected chi connectivity index (χ0v) is 14.9. The number of anilines is 2. The van der Waals surface area contributed by atoms with E-state index >= 15 is 0 Å². The molecule has 2 aromatic rings. The van der Waals surface area contributed by atoms with Crippen LogP contribution < -0.4 is 24.6 Å². The van der Waals surface area contributed by atoms with Gasteiger partial charge in [0.15, 0.2) is 11.5 Å². The summed E-state index contributed by atoms with van der Waals surface area (Å²) in [6, 6.07) is 15.4. The Morgan fingerprint density at radius 1 is 1.08 bits per heavy atom. The topological polar surface area (TPSA) is 55.2 Å². The van der Waals surface area contributed by atoms with E-state index in [1.807, 2.05) is 42.5 Å². The number of amides is 1. The summed E-state index contributed by atoms with van der Waals surface area (Å²) < 4.78 is 11.5. The van der Waals surface area contributed by atoms with E-state index in [1.165, 1.54) is 4.90 Å². The summed E-state index contributed by atoms with van der Waals surface area (Å²) in [4.78, 5) is 16.6. The maximum atomic E-state index is 12.7. The van der Waals surface area contributed by atoms with Crippen molar-refractivity contribution in [2.75, 3.05) is 50.1 Å². The van der Waals surface area contributed by atoms with E-state index in [4.69, 9.17) is 9.47 Å². The molecule has 0 aliphatic carbocycles. The van der Waals surface area contributed by atoms with Crippen molar-refractivity contribution in [3.63, 3.8) is 0 Å². The average Bonchev–Trinajstić information content (AvgIpc) is 2.69. The minimum Gasteiger partial charge on any atom is -0.485 e. The Balaban J connectivity index is 1.47. The molecule has 4 rings (SSSR count). The summed E-state index contributed by atoms with van der Waals surface area (Å²) in [7, 11) is 2.21. The van der Waals surface area contributed by atoms with Crippen LogP contribution in [-0.2, 0) is 4.79 Å². The molecular formula is C20H24N3O3+. The van der Waals surface area contributed by atoms with Crippen LogP contribution in [0, 0.1) is 0 Å². The second-order valence-corrected chi connectivity index (χ2v) is 6.81. The monoisotopic (exact) mass is 354 g/mol. The summed E-state index contributed by atoms with van der Waals surface area (Å²) in [6.07, 6.45) is -0.658. The fourth-order valence-corrected chi connectivity index (χ4v) is 3.35. The molecular weight excluding hydrogens is 330 g/mol. The number of nitrogens with zero attached hydrogens (tertiary/aromatic N) is 1. The van der Waals surface area contributed by atoms with E-state index in [1.54, 1.807) is 0 Å². The molecule has 2 N–H and O–H groups in total. The number of para-hydroxylation sites is 4. The highest BCUT2D eigenvalue weighted by atomic mass is 16.6. The summed E-state index contributed by atoms with van der Waals surface area (Å²) in [5, 5.41) is 3.03. The first kappa shape index (κ1) is 16.7. The maximum absolute atomic E-state index is 12.7. The van der Waals surface area contributed by atoms with Crippen molar-refractivity contribution in [3.05, 3.63) is 48.5 Å². The highest BCUT2D eigenvalue weighted by Crippen LogP contribution is 2.32. The second kappa shape index (κ2) is 7.25. The highest BCUT2D eigenvalue weighted by molar-refractivity contribution is 5.97. The molecule has 2 heterocycles. The molecule has 6 nitrogen and oxygen atoms in total. The van der Waals surface area contributed by atoms with Crippen molar-refractivity contribution in [2.24, 2.45) is 0 Å². The number of ether oxygens (including phenoxy) is 2. The van der Waals surface area contributed by atoms with Crippen molar-refractivity contribution in [1.82, 2.24) is 0 Å².